The van der Waals surface area contributed by atoms with Crippen LogP contribution in [0.15, 0.2) is 36.2 Å². The summed E-state index contributed by atoms with van der Waals surface area (Å²) in [6, 6.07) is 8.24. The van der Waals surface area contributed by atoms with E-state index in [2.05, 4.69) is 30.9 Å². The van der Waals surface area contributed by atoms with Crippen molar-refractivity contribution in [2.45, 2.75) is 57.8 Å². The van der Waals surface area contributed by atoms with E-state index in [0.717, 1.165) is 57.4 Å². The van der Waals surface area contributed by atoms with Crippen molar-refractivity contribution < 1.29 is 13.9 Å². The standard InChI is InChI=1S/C24H33FN2O2/c1-22(2)16-27(17-22)21(28)24-10-7-23(8-11-24,9-12-24)19-3-5-20(6-4-19)29-15-18(13-25)14-26/h3-6,13H,7-12,14-17,26H2,1-2H3/b18-13+. The Morgan fingerprint density at radius 1 is 1.10 bits per heavy atom. The number of nitrogens with two attached hydrogens (primary N) is 1. The summed E-state index contributed by atoms with van der Waals surface area (Å²) < 4.78 is 18.3. The highest BCUT2D eigenvalue weighted by Gasteiger charge is 2.55. The number of fused-ring (bicyclic) bond motifs is 3. The van der Waals surface area contributed by atoms with Crippen LogP contribution in [0.4, 0.5) is 4.39 Å². The largest absolute Gasteiger partial charge is 0.489 e. The summed E-state index contributed by atoms with van der Waals surface area (Å²) in [7, 11) is 0. The van der Waals surface area contributed by atoms with Gasteiger partial charge >= 0.3 is 0 Å². The maximum atomic E-state index is 13.2. The van der Waals surface area contributed by atoms with Gasteiger partial charge in [-0.2, -0.15) is 0 Å². The third-order valence-corrected chi connectivity index (χ3v) is 7.53. The number of benzene rings is 1. The first-order valence-electron chi connectivity index (χ1n) is 10.8. The molecule has 5 rings (SSSR count). The number of amides is 1. The van der Waals surface area contributed by atoms with Crippen molar-refractivity contribution >= 4 is 5.91 Å². The predicted octanol–water partition coefficient (Wildman–Crippen LogP) is 4.34. The number of hydrogen-bond acceptors (Lipinski definition) is 3. The Hall–Kier alpha value is -1.88. The van der Waals surface area contributed by atoms with Gasteiger partial charge in [-0.25, -0.2) is 4.39 Å². The van der Waals surface area contributed by atoms with Gasteiger partial charge in [0.15, 0.2) is 0 Å². The van der Waals surface area contributed by atoms with Gasteiger partial charge in [0.25, 0.3) is 0 Å². The smallest absolute Gasteiger partial charge is 0.228 e. The highest BCUT2D eigenvalue weighted by Crippen LogP contribution is 2.59. The molecule has 1 aromatic rings. The van der Waals surface area contributed by atoms with Crippen LogP contribution in [0.1, 0.15) is 57.9 Å². The molecule has 0 unspecified atom stereocenters. The van der Waals surface area contributed by atoms with E-state index in [0.29, 0.717) is 17.8 Å². The number of ether oxygens (including phenoxy) is 1. The molecule has 0 aromatic heterocycles. The van der Waals surface area contributed by atoms with Crippen molar-refractivity contribution in [2.75, 3.05) is 26.2 Å². The van der Waals surface area contributed by atoms with Crippen LogP contribution in [0.2, 0.25) is 0 Å². The third kappa shape index (κ3) is 3.70. The fourth-order valence-corrected chi connectivity index (χ4v) is 5.62. The molecular weight excluding hydrogens is 367 g/mol. The lowest BCUT2D eigenvalue weighted by Gasteiger charge is -2.56. The fourth-order valence-electron chi connectivity index (χ4n) is 5.62. The van der Waals surface area contributed by atoms with Crippen molar-refractivity contribution in [3.63, 3.8) is 0 Å². The van der Waals surface area contributed by atoms with Gasteiger partial charge in [0.1, 0.15) is 12.4 Å². The van der Waals surface area contributed by atoms with Crippen LogP contribution in [0.25, 0.3) is 0 Å². The molecule has 5 heteroatoms. The summed E-state index contributed by atoms with van der Waals surface area (Å²) >= 11 is 0. The van der Waals surface area contributed by atoms with Crippen LogP contribution in [0.5, 0.6) is 5.75 Å². The molecule has 0 atom stereocenters. The fraction of sp³-hybridized carbons (Fsp3) is 0.625. The minimum Gasteiger partial charge on any atom is -0.489 e. The predicted molar refractivity (Wildman–Crippen MR) is 112 cm³/mol. The Balaban J connectivity index is 1.39. The van der Waals surface area contributed by atoms with E-state index in [1.54, 1.807) is 0 Å². The Kier molecular flexibility index (Phi) is 5.22. The zero-order valence-corrected chi connectivity index (χ0v) is 17.7. The molecule has 2 N–H and O–H groups in total. The van der Waals surface area contributed by atoms with E-state index in [1.807, 2.05) is 12.1 Å². The second-order valence-electron chi connectivity index (χ2n) is 10.2. The Labute approximate surface area is 173 Å². The normalized spacial score (nSPS) is 30.8. The van der Waals surface area contributed by atoms with Crippen LogP contribution in [0.3, 0.4) is 0 Å². The van der Waals surface area contributed by atoms with E-state index in [1.165, 1.54) is 5.56 Å². The van der Waals surface area contributed by atoms with Gasteiger partial charge < -0.3 is 15.4 Å². The molecule has 2 bridgehead atoms. The summed E-state index contributed by atoms with van der Waals surface area (Å²) in [5.74, 6) is 1.14. The SMILES string of the molecule is CC1(C)CN(C(=O)C23CCC(c4ccc(OC/C(=C/F)CN)cc4)(CC2)CC3)C1. The van der Waals surface area contributed by atoms with E-state index in [4.69, 9.17) is 10.5 Å². The van der Waals surface area contributed by atoms with Gasteiger partial charge in [-0.3, -0.25) is 4.79 Å². The van der Waals surface area contributed by atoms with Crippen molar-refractivity contribution in [1.82, 2.24) is 4.90 Å². The van der Waals surface area contributed by atoms with Crippen molar-refractivity contribution in [2.24, 2.45) is 16.6 Å². The molecule has 4 aliphatic rings. The monoisotopic (exact) mass is 400 g/mol. The molecule has 3 saturated carbocycles. The lowest BCUT2D eigenvalue weighted by molar-refractivity contribution is -0.160. The van der Waals surface area contributed by atoms with Gasteiger partial charge in [-0.1, -0.05) is 26.0 Å². The topological polar surface area (TPSA) is 55.6 Å². The van der Waals surface area contributed by atoms with Gasteiger partial charge in [0.2, 0.25) is 5.91 Å². The minimum absolute atomic E-state index is 0.112. The molecule has 0 radical (unpaired) electrons. The summed E-state index contributed by atoms with van der Waals surface area (Å²) in [4.78, 5) is 15.3. The molecule has 4 fully saturated rings. The zero-order chi connectivity index (χ0) is 20.7. The maximum absolute atomic E-state index is 13.2. The van der Waals surface area contributed by atoms with E-state index in [9.17, 15) is 9.18 Å². The first-order chi connectivity index (χ1) is 13.8. The Bertz CT molecular complexity index is 767. The summed E-state index contributed by atoms with van der Waals surface area (Å²) in [6.07, 6.45) is 6.77. The van der Waals surface area contributed by atoms with Crippen LogP contribution in [-0.2, 0) is 10.2 Å². The molecule has 1 heterocycles. The molecule has 29 heavy (non-hydrogen) atoms. The number of nitrogens with zero attached hydrogens (tertiary/aromatic N) is 1. The van der Waals surface area contributed by atoms with E-state index >= 15 is 0 Å². The Morgan fingerprint density at radius 2 is 1.69 bits per heavy atom. The van der Waals surface area contributed by atoms with Crippen LogP contribution in [-0.4, -0.2) is 37.0 Å². The molecule has 4 nitrogen and oxygen atoms in total. The number of hydrogen-bond donors (Lipinski definition) is 1. The molecule has 1 aliphatic heterocycles. The second kappa shape index (κ2) is 7.42. The average Bonchev–Trinajstić information content (AvgIpc) is 2.74. The summed E-state index contributed by atoms with van der Waals surface area (Å²) in [6.45, 7) is 6.62. The van der Waals surface area contributed by atoms with Crippen molar-refractivity contribution in [3.8, 4) is 5.75 Å². The summed E-state index contributed by atoms with van der Waals surface area (Å²) in [5, 5.41) is 0. The molecule has 158 valence electrons. The quantitative estimate of drug-likeness (QED) is 0.773. The molecule has 3 aliphatic carbocycles. The number of rotatable bonds is 6. The third-order valence-electron chi connectivity index (χ3n) is 7.53. The Morgan fingerprint density at radius 3 is 2.17 bits per heavy atom. The van der Waals surface area contributed by atoms with Gasteiger partial charge in [-0.15, -0.1) is 0 Å². The minimum atomic E-state index is -0.112. The highest BCUT2D eigenvalue weighted by atomic mass is 19.1. The van der Waals surface area contributed by atoms with Crippen molar-refractivity contribution in [1.29, 1.82) is 0 Å². The number of likely N-dealkylation sites (tertiary alicyclic amines) is 1. The summed E-state index contributed by atoms with van der Waals surface area (Å²) in [5.41, 5.74) is 7.62. The molecular formula is C24H33FN2O2. The van der Waals surface area contributed by atoms with Gasteiger partial charge in [0, 0.05) is 30.6 Å². The molecule has 1 saturated heterocycles. The van der Waals surface area contributed by atoms with Crippen LogP contribution in [0, 0.1) is 10.8 Å². The van der Waals surface area contributed by atoms with Crippen molar-refractivity contribution in [3.05, 3.63) is 41.7 Å². The van der Waals surface area contributed by atoms with Gasteiger partial charge in [0.05, 0.1) is 6.33 Å². The maximum Gasteiger partial charge on any atom is 0.228 e. The van der Waals surface area contributed by atoms with E-state index in [-0.39, 0.29) is 29.4 Å². The van der Waals surface area contributed by atoms with Crippen LogP contribution < -0.4 is 10.5 Å². The number of carbonyl (C=O) groups is 1. The van der Waals surface area contributed by atoms with E-state index < -0.39 is 0 Å². The first kappa shape index (κ1) is 20.4. The van der Waals surface area contributed by atoms with Crippen LogP contribution >= 0.6 is 0 Å². The first-order valence-corrected chi connectivity index (χ1v) is 10.8. The lowest BCUT2D eigenvalue weighted by Crippen LogP contribution is -2.61. The average molecular weight is 401 g/mol. The molecule has 0 spiro atoms. The highest BCUT2D eigenvalue weighted by molar-refractivity contribution is 5.84. The van der Waals surface area contributed by atoms with Gasteiger partial charge in [-0.05, 0) is 67.1 Å². The number of halogens is 1. The second-order valence-corrected chi connectivity index (χ2v) is 10.2. The zero-order valence-electron chi connectivity index (χ0n) is 17.7. The molecule has 1 amide bonds. The lowest BCUT2D eigenvalue weighted by atomic mass is 9.51. The molecule has 1 aromatic carbocycles. The number of carbonyl (C=O) groups excluding carboxylic acids is 1.